The van der Waals surface area contributed by atoms with Gasteiger partial charge in [0.2, 0.25) is 5.78 Å². The molecular weight excluding hydrogens is 207 g/mol. The standard InChI is InChI=1S/C7H10F3NO.ClH/c8-7(9,10)6(12)5-1-3-11-4-2-5;/h5,11H,1-4H2;1H. The number of ketones is 1. The van der Waals surface area contributed by atoms with Crippen LogP contribution in [0, 0.1) is 5.92 Å². The third-order valence-electron chi connectivity index (χ3n) is 1.99. The van der Waals surface area contributed by atoms with E-state index in [9.17, 15) is 18.0 Å². The molecular formula is C7H11ClF3NO. The number of carbonyl (C=O) groups excluding carboxylic acids is 1. The first kappa shape index (κ1) is 12.7. The first-order valence-electron chi connectivity index (χ1n) is 3.83. The van der Waals surface area contributed by atoms with Gasteiger partial charge in [0.25, 0.3) is 0 Å². The molecule has 1 aliphatic rings. The monoisotopic (exact) mass is 217 g/mol. The first-order valence-corrected chi connectivity index (χ1v) is 3.83. The third kappa shape index (κ3) is 3.52. The summed E-state index contributed by atoms with van der Waals surface area (Å²) in [5.74, 6) is -2.38. The van der Waals surface area contributed by atoms with E-state index < -0.39 is 17.9 Å². The van der Waals surface area contributed by atoms with E-state index in [0.29, 0.717) is 25.9 Å². The average molecular weight is 218 g/mol. The van der Waals surface area contributed by atoms with Crippen molar-refractivity contribution in [2.75, 3.05) is 13.1 Å². The predicted molar refractivity (Wildman–Crippen MR) is 43.9 cm³/mol. The number of nitrogens with one attached hydrogen (secondary N) is 1. The maximum atomic E-state index is 11.9. The van der Waals surface area contributed by atoms with E-state index in [4.69, 9.17) is 0 Å². The molecule has 78 valence electrons. The highest BCUT2D eigenvalue weighted by Crippen LogP contribution is 2.25. The van der Waals surface area contributed by atoms with Gasteiger partial charge in [-0.1, -0.05) is 0 Å². The van der Waals surface area contributed by atoms with E-state index in [1.54, 1.807) is 0 Å². The molecule has 1 fully saturated rings. The van der Waals surface area contributed by atoms with Gasteiger partial charge in [0, 0.05) is 5.92 Å². The van der Waals surface area contributed by atoms with E-state index in [0.717, 1.165) is 0 Å². The van der Waals surface area contributed by atoms with Crippen molar-refractivity contribution in [1.29, 1.82) is 0 Å². The van der Waals surface area contributed by atoms with Gasteiger partial charge < -0.3 is 5.32 Å². The Bertz CT molecular complexity index is 177. The summed E-state index contributed by atoms with van der Waals surface area (Å²) in [5, 5.41) is 2.90. The Morgan fingerprint density at radius 3 is 2.08 bits per heavy atom. The third-order valence-corrected chi connectivity index (χ3v) is 1.99. The fraction of sp³-hybridized carbons (Fsp3) is 0.857. The van der Waals surface area contributed by atoms with Crippen molar-refractivity contribution in [2.24, 2.45) is 5.92 Å². The average Bonchev–Trinajstić information content (AvgIpc) is 2.03. The number of hydrogen-bond donors (Lipinski definition) is 1. The van der Waals surface area contributed by atoms with Gasteiger partial charge in [-0.25, -0.2) is 0 Å². The lowest BCUT2D eigenvalue weighted by Gasteiger charge is -2.21. The second-order valence-corrected chi connectivity index (χ2v) is 2.89. The summed E-state index contributed by atoms with van der Waals surface area (Å²) in [4.78, 5) is 10.7. The molecule has 0 spiro atoms. The van der Waals surface area contributed by atoms with Crippen LogP contribution >= 0.6 is 12.4 Å². The van der Waals surface area contributed by atoms with Crippen LogP contribution < -0.4 is 5.32 Å². The van der Waals surface area contributed by atoms with Crippen molar-refractivity contribution in [3.8, 4) is 0 Å². The lowest BCUT2D eigenvalue weighted by molar-refractivity contribution is -0.176. The minimum atomic E-state index is -4.65. The van der Waals surface area contributed by atoms with Crippen molar-refractivity contribution in [3.05, 3.63) is 0 Å². The molecule has 0 aliphatic carbocycles. The Morgan fingerprint density at radius 2 is 1.69 bits per heavy atom. The maximum Gasteiger partial charge on any atom is 0.450 e. The lowest BCUT2D eigenvalue weighted by Crippen LogP contribution is -2.38. The van der Waals surface area contributed by atoms with Crippen LogP contribution in [0.5, 0.6) is 0 Å². The molecule has 0 atom stereocenters. The fourth-order valence-electron chi connectivity index (χ4n) is 1.32. The van der Waals surface area contributed by atoms with Crippen LogP contribution in [0.2, 0.25) is 0 Å². The quantitative estimate of drug-likeness (QED) is 0.722. The Balaban J connectivity index is 0.00000144. The normalized spacial score (nSPS) is 19.3. The van der Waals surface area contributed by atoms with Crippen LogP contribution in [0.15, 0.2) is 0 Å². The second-order valence-electron chi connectivity index (χ2n) is 2.89. The van der Waals surface area contributed by atoms with Gasteiger partial charge in [0.05, 0.1) is 0 Å². The van der Waals surface area contributed by atoms with Gasteiger partial charge in [0.1, 0.15) is 0 Å². The van der Waals surface area contributed by atoms with Gasteiger partial charge in [0.15, 0.2) is 0 Å². The zero-order chi connectivity index (χ0) is 9.19. The highest BCUT2D eigenvalue weighted by molar-refractivity contribution is 5.86. The summed E-state index contributed by atoms with van der Waals surface area (Å²) in [6.07, 6.45) is -4.04. The van der Waals surface area contributed by atoms with Crippen molar-refractivity contribution < 1.29 is 18.0 Å². The van der Waals surface area contributed by atoms with Crippen molar-refractivity contribution >= 4 is 18.2 Å². The van der Waals surface area contributed by atoms with Gasteiger partial charge in [-0.05, 0) is 25.9 Å². The molecule has 0 aromatic carbocycles. The Kier molecular flexibility index (Phi) is 4.70. The highest BCUT2D eigenvalue weighted by Gasteiger charge is 2.43. The van der Waals surface area contributed by atoms with Gasteiger partial charge in [-0.2, -0.15) is 13.2 Å². The number of hydrogen-bond acceptors (Lipinski definition) is 2. The van der Waals surface area contributed by atoms with Crippen LogP contribution in [-0.4, -0.2) is 25.0 Å². The summed E-state index contributed by atoms with van der Waals surface area (Å²) in [6.45, 7) is 1.01. The molecule has 13 heavy (non-hydrogen) atoms. The zero-order valence-corrected chi connectivity index (χ0v) is 7.67. The van der Waals surface area contributed by atoms with E-state index in [1.807, 2.05) is 0 Å². The Labute approximate surface area is 80.3 Å². The van der Waals surface area contributed by atoms with Crippen LogP contribution in [-0.2, 0) is 4.79 Å². The van der Waals surface area contributed by atoms with Crippen LogP contribution in [0.3, 0.4) is 0 Å². The first-order chi connectivity index (χ1) is 5.52. The van der Waals surface area contributed by atoms with Crippen molar-refractivity contribution in [1.82, 2.24) is 5.32 Å². The summed E-state index contributed by atoms with van der Waals surface area (Å²) >= 11 is 0. The van der Waals surface area contributed by atoms with Crippen LogP contribution in [0.1, 0.15) is 12.8 Å². The number of rotatable bonds is 1. The minimum absolute atomic E-state index is 0. The Hall–Kier alpha value is -0.290. The van der Waals surface area contributed by atoms with E-state index in [2.05, 4.69) is 5.32 Å². The van der Waals surface area contributed by atoms with Gasteiger partial charge in [-0.15, -0.1) is 12.4 Å². The molecule has 0 amide bonds. The van der Waals surface area contributed by atoms with E-state index in [1.165, 1.54) is 0 Å². The molecule has 1 heterocycles. The van der Waals surface area contributed by atoms with Gasteiger partial charge in [-0.3, -0.25) is 4.79 Å². The number of halogens is 4. The predicted octanol–water partition coefficient (Wildman–Crippen LogP) is 1.54. The molecule has 0 aromatic rings. The van der Waals surface area contributed by atoms with Crippen molar-refractivity contribution in [2.45, 2.75) is 19.0 Å². The number of alkyl halides is 3. The van der Waals surface area contributed by atoms with Crippen LogP contribution in [0.4, 0.5) is 13.2 Å². The molecule has 0 saturated carbocycles. The number of Topliss-reactive ketones (excluding diaryl/α,β-unsaturated/α-hetero) is 1. The van der Waals surface area contributed by atoms with Crippen LogP contribution in [0.25, 0.3) is 0 Å². The molecule has 1 saturated heterocycles. The van der Waals surface area contributed by atoms with E-state index in [-0.39, 0.29) is 12.4 Å². The van der Waals surface area contributed by atoms with Gasteiger partial charge >= 0.3 is 6.18 Å². The Morgan fingerprint density at radius 1 is 1.23 bits per heavy atom. The van der Waals surface area contributed by atoms with Crippen molar-refractivity contribution in [3.63, 3.8) is 0 Å². The summed E-state index contributed by atoms with van der Waals surface area (Å²) < 4.78 is 35.6. The molecule has 1 aliphatic heterocycles. The van der Waals surface area contributed by atoms with E-state index >= 15 is 0 Å². The molecule has 6 heteroatoms. The fourth-order valence-corrected chi connectivity index (χ4v) is 1.32. The molecule has 2 nitrogen and oxygen atoms in total. The largest absolute Gasteiger partial charge is 0.450 e. The molecule has 0 unspecified atom stereocenters. The number of carbonyl (C=O) groups is 1. The summed E-state index contributed by atoms with van der Waals surface area (Å²) in [5.41, 5.74) is 0. The second kappa shape index (κ2) is 4.81. The molecule has 0 bridgehead atoms. The highest BCUT2D eigenvalue weighted by atomic mass is 35.5. The molecule has 1 rings (SSSR count). The maximum absolute atomic E-state index is 11.9. The molecule has 0 radical (unpaired) electrons. The molecule has 1 N–H and O–H groups in total. The minimum Gasteiger partial charge on any atom is -0.317 e. The molecule has 0 aromatic heterocycles. The smallest absolute Gasteiger partial charge is 0.317 e. The summed E-state index contributed by atoms with van der Waals surface area (Å²) in [6, 6.07) is 0. The lowest BCUT2D eigenvalue weighted by atomic mass is 9.93. The number of piperidine rings is 1. The zero-order valence-electron chi connectivity index (χ0n) is 6.86. The summed E-state index contributed by atoms with van der Waals surface area (Å²) in [7, 11) is 0. The SMILES string of the molecule is Cl.O=C(C1CCNCC1)C(F)(F)F. The topological polar surface area (TPSA) is 29.1 Å².